The van der Waals surface area contributed by atoms with Crippen LogP contribution in [0.15, 0.2) is 40.0 Å². The number of ether oxygens (including phenoxy) is 1. The number of nitrogens with zero attached hydrogens (tertiary/aromatic N) is 2. The molecule has 1 aromatic carbocycles. The maximum Gasteiger partial charge on any atom is 0.307 e. The Morgan fingerprint density at radius 1 is 1.48 bits per heavy atom. The summed E-state index contributed by atoms with van der Waals surface area (Å²) in [6.07, 6.45) is 4.14. The number of hydrogen-bond acceptors (Lipinski definition) is 5. The van der Waals surface area contributed by atoms with Gasteiger partial charge in [-0.2, -0.15) is 5.10 Å². The van der Waals surface area contributed by atoms with E-state index in [1.54, 1.807) is 25.5 Å². The lowest BCUT2D eigenvalue weighted by molar-refractivity contribution is 0.0927. The van der Waals surface area contributed by atoms with Crippen molar-refractivity contribution in [2.75, 3.05) is 18.6 Å². The summed E-state index contributed by atoms with van der Waals surface area (Å²) in [4.78, 5) is 14.4. The summed E-state index contributed by atoms with van der Waals surface area (Å²) in [6.45, 7) is 9.92. The number of hydrogen-bond donors (Lipinski definition) is 1. The summed E-state index contributed by atoms with van der Waals surface area (Å²) >= 11 is 0. The maximum absolute atomic E-state index is 11.9. The van der Waals surface area contributed by atoms with Crippen LogP contribution in [-0.4, -0.2) is 31.3 Å². The van der Waals surface area contributed by atoms with Gasteiger partial charge in [-0.25, -0.2) is 5.43 Å². The molecule has 1 N–H and O–H groups in total. The number of carbonyl (C=O) groups excluding carboxylic acids is 1. The average molecular weight is 369 g/mol. The number of hydrazone groups is 1. The highest BCUT2D eigenvalue weighted by molar-refractivity contribution is 5.93. The van der Waals surface area contributed by atoms with Crippen molar-refractivity contribution in [1.82, 2.24) is 5.43 Å². The molecular formula is C21H27N3O3. The maximum atomic E-state index is 11.9. The topological polar surface area (TPSA) is 67.1 Å². The summed E-state index contributed by atoms with van der Waals surface area (Å²) in [7, 11) is 1.65. The molecule has 0 saturated heterocycles. The largest absolute Gasteiger partial charge is 0.496 e. The predicted octanol–water partition coefficient (Wildman–Crippen LogP) is 4.16. The van der Waals surface area contributed by atoms with Gasteiger partial charge in [-0.3, -0.25) is 4.79 Å². The summed E-state index contributed by atoms with van der Waals surface area (Å²) in [6, 6.07) is 7.44. The minimum atomic E-state index is -0.388. The van der Waals surface area contributed by atoms with Gasteiger partial charge in [0.05, 0.1) is 19.6 Å². The van der Waals surface area contributed by atoms with Crippen LogP contribution in [0.5, 0.6) is 5.75 Å². The van der Waals surface area contributed by atoms with Crippen LogP contribution in [0.1, 0.15) is 61.7 Å². The molecule has 2 heterocycles. The van der Waals surface area contributed by atoms with E-state index in [1.807, 2.05) is 0 Å². The lowest BCUT2D eigenvalue weighted by atomic mass is 9.79. The van der Waals surface area contributed by atoms with Gasteiger partial charge in [0.25, 0.3) is 0 Å². The van der Waals surface area contributed by atoms with E-state index in [1.165, 1.54) is 17.5 Å². The summed E-state index contributed by atoms with van der Waals surface area (Å²) in [5.74, 6) is 0.987. The molecule has 6 nitrogen and oxygen atoms in total. The zero-order valence-corrected chi connectivity index (χ0v) is 16.6. The summed E-state index contributed by atoms with van der Waals surface area (Å²) < 4.78 is 10.6. The fraction of sp³-hybridized carbons (Fsp3) is 0.429. The fourth-order valence-electron chi connectivity index (χ4n) is 4.03. The molecule has 0 saturated carbocycles. The van der Waals surface area contributed by atoms with Crippen LogP contribution in [0.4, 0.5) is 5.69 Å². The molecule has 6 heteroatoms. The van der Waals surface area contributed by atoms with E-state index in [-0.39, 0.29) is 17.2 Å². The second-order valence-corrected chi connectivity index (χ2v) is 7.49. The number of rotatable bonds is 5. The smallest absolute Gasteiger partial charge is 0.307 e. The van der Waals surface area contributed by atoms with Crippen molar-refractivity contribution < 1.29 is 13.9 Å². The molecule has 0 radical (unpaired) electrons. The Morgan fingerprint density at radius 3 is 2.89 bits per heavy atom. The molecule has 144 valence electrons. The van der Waals surface area contributed by atoms with Gasteiger partial charge in [0, 0.05) is 29.4 Å². The van der Waals surface area contributed by atoms with Crippen molar-refractivity contribution in [1.29, 1.82) is 0 Å². The van der Waals surface area contributed by atoms with Crippen LogP contribution in [0, 0.1) is 0 Å². The number of furan rings is 1. The van der Waals surface area contributed by atoms with Crippen LogP contribution < -0.4 is 15.1 Å². The van der Waals surface area contributed by atoms with Gasteiger partial charge >= 0.3 is 5.91 Å². The van der Waals surface area contributed by atoms with Crippen LogP contribution in [-0.2, 0) is 0 Å². The van der Waals surface area contributed by atoms with E-state index in [9.17, 15) is 4.79 Å². The third kappa shape index (κ3) is 3.70. The van der Waals surface area contributed by atoms with Crippen LogP contribution in [0.25, 0.3) is 0 Å². The summed E-state index contributed by atoms with van der Waals surface area (Å²) in [5, 5.41) is 4.07. The average Bonchev–Trinajstić information content (AvgIpc) is 3.16. The van der Waals surface area contributed by atoms with Gasteiger partial charge in [0.1, 0.15) is 5.75 Å². The third-order valence-corrected chi connectivity index (χ3v) is 5.17. The van der Waals surface area contributed by atoms with E-state index in [2.05, 4.69) is 55.3 Å². The first-order chi connectivity index (χ1) is 12.9. The number of carbonyl (C=O) groups is 1. The molecule has 1 unspecified atom stereocenters. The molecule has 1 aromatic heterocycles. The molecule has 0 bridgehead atoms. The second-order valence-electron chi connectivity index (χ2n) is 7.49. The fourth-order valence-corrected chi connectivity index (χ4v) is 4.03. The number of benzene rings is 1. The Labute approximate surface area is 160 Å². The number of amides is 1. The minimum absolute atomic E-state index is 0.0960. The van der Waals surface area contributed by atoms with Crippen molar-refractivity contribution in [2.45, 2.75) is 45.6 Å². The summed E-state index contributed by atoms with van der Waals surface area (Å²) in [5.41, 5.74) is 5.89. The number of methoxy groups -OCH3 is 1. The molecule has 1 atom stereocenters. The Morgan fingerprint density at radius 2 is 2.26 bits per heavy atom. The molecule has 0 spiro atoms. The van der Waals surface area contributed by atoms with E-state index in [0.717, 1.165) is 24.3 Å². The molecule has 1 aliphatic heterocycles. The van der Waals surface area contributed by atoms with Gasteiger partial charge in [0.15, 0.2) is 5.76 Å². The van der Waals surface area contributed by atoms with Crippen molar-refractivity contribution in [3.63, 3.8) is 0 Å². The van der Waals surface area contributed by atoms with E-state index in [4.69, 9.17) is 9.15 Å². The van der Waals surface area contributed by atoms with E-state index in [0.29, 0.717) is 5.92 Å². The highest BCUT2D eigenvalue weighted by Gasteiger charge is 2.36. The standard InChI is InChI=1S/C21H27N3O3/c1-6-24-17-11-19(26-5)15(10-16(17)14(2)12-21(24,3)4)13-22-23-20(25)18-8-7-9-27-18/h7-11,13-14H,6,12H2,1-5H3,(H,23,25)/b22-13+. The normalized spacial score (nSPS) is 18.4. The molecular weight excluding hydrogens is 342 g/mol. The lowest BCUT2D eigenvalue weighted by Crippen LogP contribution is -2.48. The van der Waals surface area contributed by atoms with Gasteiger partial charge < -0.3 is 14.1 Å². The highest BCUT2D eigenvalue weighted by Crippen LogP contribution is 2.45. The van der Waals surface area contributed by atoms with Gasteiger partial charge in [-0.15, -0.1) is 0 Å². The SMILES string of the molecule is CCN1c2cc(OC)c(/C=N/NC(=O)c3ccco3)cc2C(C)CC1(C)C. The van der Waals surface area contributed by atoms with Crippen molar-refractivity contribution in [2.24, 2.45) is 5.10 Å². The molecule has 1 amide bonds. The Kier molecular flexibility index (Phi) is 5.26. The first-order valence-corrected chi connectivity index (χ1v) is 9.24. The zero-order valence-electron chi connectivity index (χ0n) is 16.6. The minimum Gasteiger partial charge on any atom is -0.496 e. The van der Waals surface area contributed by atoms with Gasteiger partial charge in [0.2, 0.25) is 0 Å². The number of anilines is 1. The molecule has 2 aromatic rings. The number of nitrogens with one attached hydrogen (secondary N) is 1. The molecule has 3 rings (SSSR count). The first kappa shape index (κ1) is 19.0. The molecule has 0 aliphatic carbocycles. The number of fused-ring (bicyclic) bond motifs is 1. The van der Waals surface area contributed by atoms with Crippen LogP contribution >= 0.6 is 0 Å². The molecule has 0 fully saturated rings. The van der Waals surface area contributed by atoms with Gasteiger partial charge in [-0.05, 0) is 56.9 Å². The lowest BCUT2D eigenvalue weighted by Gasteiger charge is -2.47. The van der Waals surface area contributed by atoms with E-state index < -0.39 is 0 Å². The monoisotopic (exact) mass is 369 g/mol. The van der Waals surface area contributed by atoms with Crippen molar-refractivity contribution in [3.05, 3.63) is 47.4 Å². The quantitative estimate of drug-likeness (QED) is 0.635. The van der Waals surface area contributed by atoms with Crippen molar-refractivity contribution in [3.8, 4) is 5.75 Å². The predicted molar refractivity (Wildman–Crippen MR) is 107 cm³/mol. The Bertz CT molecular complexity index is 841. The Balaban J connectivity index is 1.90. The van der Waals surface area contributed by atoms with Crippen LogP contribution in [0.3, 0.4) is 0 Å². The van der Waals surface area contributed by atoms with Crippen LogP contribution in [0.2, 0.25) is 0 Å². The first-order valence-electron chi connectivity index (χ1n) is 9.24. The second kappa shape index (κ2) is 7.47. The van der Waals surface area contributed by atoms with Crippen molar-refractivity contribution >= 4 is 17.8 Å². The zero-order chi connectivity index (χ0) is 19.6. The van der Waals surface area contributed by atoms with Gasteiger partial charge in [-0.1, -0.05) is 6.92 Å². The van der Waals surface area contributed by atoms with E-state index >= 15 is 0 Å². The Hall–Kier alpha value is -2.76. The molecule has 27 heavy (non-hydrogen) atoms. The third-order valence-electron chi connectivity index (χ3n) is 5.17. The molecule has 1 aliphatic rings. The highest BCUT2D eigenvalue weighted by atomic mass is 16.5.